The van der Waals surface area contributed by atoms with E-state index >= 15 is 0 Å². The molecule has 0 radical (unpaired) electrons. The normalized spacial score (nSPS) is 10.4. The second kappa shape index (κ2) is 6.32. The first-order valence-electron chi connectivity index (χ1n) is 6.62. The molecule has 106 valence electrons. The molecule has 0 saturated carbocycles. The first-order valence-corrected chi connectivity index (χ1v) is 6.62. The zero-order valence-corrected chi connectivity index (χ0v) is 11.9. The Morgan fingerprint density at radius 2 is 2.05 bits per heavy atom. The molecule has 0 aliphatic heterocycles. The lowest BCUT2D eigenvalue weighted by atomic mass is 10.2. The van der Waals surface area contributed by atoms with E-state index in [9.17, 15) is 4.39 Å². The van der Waals surface area contributed by atoms with Crippen molar-refractivity contribution in [2.45, 2.75) is 26.7 Å². The molecule has 1 aromatic heterocycles. The highest BCUT2D eigenvalue weighted by Crippen LogP contribution is 2.25. The molecule has 0 fully saturated rings. The van der Waals surface area contributed by atoms with Gasteiger partial charge in [-0.1, -0.05) is 13.0 Å². The van der Waals surface area contributed by atoms with Crippen LogP contribution in [0.15, 0.2) is 24.3 Å². The highest BCUT2D eigenvalue weighted by molar-refractivity contribution is 5.40. The van der Waals surface area contributed by atoms with Crippen molar-refractivity contribution in [1.82, 2.24) is 9.97 Å². The minimum absolute atomic E-state index is 0.174. The van der Waals surface area contributed by atoms with Gasteiger partial charge < -0.3 is 10.1 Å². The number of rotatable bonds is 5. The number of ether oxygens (including phenoxy) is 1. The number of aryl methyl sites for hydroxylation is 2. The van der Waals surface area contributed by atoms with E-state index in [0.29, 0.717) is 17.5 Å². The van der Waals surface area contributed by atoms with Crippen molar-refractivity contribution in [2.75, 3.05) is 12.4 Å². The summed E-state index contributed by atoms with van der Waals surface area (Å²) >= 11 is 0. The monoisotopic (exact) mass is 275 g/mol. The third-order valence-corrected chi connectivity index (χ3v) is 2.78. The first-order chi connectivity index (χ1) is 9.62. The lowest BCUT2D eigenvalue weighted by Gasteiger charge is -2.09. The second-order valence-corrected chi connectivity index (χ2v) is 4.54. The highest BCUT2D eigenvalue weighted by Gasteiger charge is 2.09. The highest BCUT2D eigenvalue weighted by atomic mass is 19.1. The zero-order valence-electron chi connectivity index (χ0n) is 11.9. The quantitative estimate of drug-likeness (QED) is 0.903. The molecule has 0 bridgehead atoms. The summed E-state index contributed by atoms with van der Waals surface area (Å²) in [6.07, 6.45) is 1.69. The lowest BCUT2D eigenvalue weighted by Crippen LogP contribution is -2.02. The minimum Gasteiger partial charge on any atom is -0.436 e. The van der Waals surface area contributed by atoms with Crippen LogP contribution >= 0.6 is 0 Å². The third kappa shape index (κ3) is 3.44. The van der Waals surface area contributed by atoms with Crippen LogP contribution in [0.4, 0.5) is 10.2 Å². The number of benzene rings is 1. The maximum Gasteiger partial charge on any atom is 0.224 e. The molecule has 0 atom stereocenters. The fourth-order valence-electron chi connectivity index (χ4n) is 1.79. The predicted molar refractivity (Wildman–Crippen MR) is 76.8 cm³/mol. The van der Waals surface area contributed by atoms with Crippen LogP contribution in [0.5, 0.6) is 11.6 Å². The SMILES string of the molecule is CCCc1nc(NC)cc(Oc2cc(C)ccc2F)n1. The minimum atomic E-state index is -0.405. The molecule has 1 N–H and O–H groups in total. The van der Waals surface area contributed by atoms with Gasteiger partial charge in [0, 0.05) is 19.5 Å². The summed E-state index contributed by atoms with van der Waals surface area (Å²) in [5, 5.41) is 2.95. The van der Waals surface area contributed by atoms with Crippen LogP contribution in [0.2, 0.25) is 0 Å². The van der Waals surface area contributed by atoms with Crippen molar-refractivity contribution in [1.29, 1.82) is 0 Å². The summed E-state index contributed by atoms with van der Waals surface area (Å²) in [5.41, 5.74) is 0.929. The van der Waals surface area contributed by atoms with Crippen molar-refractivity contribution in [3.8, 4) is 11.6 Å². The van der Waals surface area contributed by atoms with Crippen molar-refractivity contribution < 1.29 is 9.13 Å². The van der Waals surface area contributed by atoms with E-state index < -0.39 is 5.82 Å². The van der Waals surface area contributed by atoms with Crippen molar-refractivity contribution in [3.05, 3.63) is 41.5 Å². The van der Waals surface area contributed by atoms with Crippen molar-refractivity contribution in [3.63, 3.8) is 0 Å². The molecule has 20 heavy (non-hydrogen) atoms. The molecule has 1 aromatic carbocycles. The number of aromatic nitrogens is 2. The Kier molecular flexibility index (Phi) is 4.50. The third-order valence-electron chi connectivity index (χ3n) is 2.78. The van der Waals surface area contributed by atoms with E-state index in [-0.39, 0.29) is 5.75 Å². The maximum atomic E-state index is 13.7. The van der Waals surface area contributed by atoms with Gasteiger partial charge in [0.15, 0.2) is 11.6 Å². The summed E-state index contributed by atoms with van der Waals surface area (Å²) < 4.78 is 19.3. The summed E-state index contributed by atoms with van der Waals surface area (Å²) in [6.45, 7) is 3.93. The van der Waals surface area contributed by atoms with Gasteiger partial charge in [0.1, 0.15) is 11.6 Å². The molecule has 1 heterocycles. The summed E-state index contributed by atoms with van der Waals surface area (Å²) in [7, 11) is 1.77. The maximum absolute atomic E-state index is 13.7. The largest absolute Gasteiger partial charge is 0.436 e. The van der Waals surface area contributed by atoms with E-state index in [1.807, 2.05) is 6.92 Å². The zero-order chi connectivity index (χ0) is 14.5. The average Bonchev–Trinajstić information content (AvgIpc) is 2.43. The number of hydrogen-bond donors (Lipinski definition) is 1. The Labute approximate surface area is 118 Å². The van der Waals surface area contributed by atoms with E-state index in [1.54, 1.807) is 25.2 Å². The Morgan fingerprint density at radius 1 is 1.25 bits per heavy atom. The Hall–Kier alpha value is -2.17. The lowest BCUT2D eigenvalue weighted by molar-refractivity contribution is 0.424. The number of hydrogen-bond acceptors (Lipinski definition) is 4. The van der Waals surface area contributed by atoms with Crippen LogP contribution in [0.1, 0.15) is 24.7 Å². The van der Waals surface area contributed by atoms with Gasteiger partial charge in [-0.05, 0) is 31.0 Å². The first kappa shape index (κ1) is 14.2. The molecule has 0 aliphatic carbocycles. The van der Waals surface area contributed by atoms with Crippen LogP contribution < -0.4 is 10.1 Å². The van der Waals surface area contributed by atoms with Crippen molar-refractivity contribution >= 4 is 5.82 Å². The molecule has 4 nitrogen and oxygen atoms in total. The molecule has 0 saturated heterocycles. The van der Waals surface area contributed by atoms with E-state index in [1.165, 1.54) is 6.07 Å². The molecule has 2 rings (SSSR count). The fourth-order valence-corrected chi connectivity index (χ4v) is 1.79. The summed E-state index contributed by atoms with van der Waals surface area (Å²) in [5.74, 6) is 1.46. The molecule has 2 aromatic rings. The predicted octanol–water partition coefficient (Wildman–Crippen LogP) is 3.71. The van der Waals surface area contributed by atoms with Gasteiger partial charge >= 0.3 is 0 Å². The molecule has 0 aliphatic rings. The van der Waals surface area contributed by atoms with E-state index in [4.69, 9.17) is 4.74 Å². The van der Waals surface area contributed by atoms with Crippen molar-refractivity contribution in [2.24, 2.45) is 0 Å². The van der Waals surface area contributed by atoms with Gasteiger partial charge in [0.2, 0.25) is 5.88 Å². The molecule has 0 spiro atoms. The Balaban J connectivity index is 2.32. The van der Waals surface area contributed by atoms with Gasteiger partial charge in [0.05, 0.1) is 0 Å². The molecule has 5 heteroatoms. The van der Waals surface area contributed by atoms with Crippen LogP contribution in [-0.4, -0.2) is 17.0 Å². The number of anilines is 1. The topological polar surface area (TPSA) is 47.0 Å². The summed E-state index contributed by atoms with van der Waals surface area (Å²) in [4.78, 5) is 8.62. The number of nitrogens with one attached hydrogen (secondary N) is 1. The molecular weight excluding hydrogens is 257 g/mol. The van der Waals surface area contributed by atoms with Gasteiger partial charge in [-0.2, -0.15) is 4.98 Å². The van der Waals surface area contributed by atoms with Gasteiger partial charge in [-0.3, -0.25) is 0 Å². The van der Waals surface area contributed by atoms with Gasteiger partial charge in [-0.15, -0.1) is 0 Å². The smallest absolute Gasteiger partial charge is 0.224 e. The average molecular weight is 275 g/mol. The van der Waals surface area contributed by atoms with E-state index in [0.717, 1.165) is 18.4 Å². The van der Waals surface area contributed by atoms with Crippen LogP contribution in [-0.2, 0) is 6.42 Å². The van der Waals surface area contributed by atoms with Crippen LogP contribution in [0, 0.1) is 12.7 Å². The van der Waals surface area contributed by atoms with Crippen LogP contribution in [0.3, 0.4) is 0 Å². The molecule has 0 amide bonds. The molecular formula is C15H18FN3O. The number of nitrogens with zero attached hydrogens (tertiary/aromatic N) is 2. The standard InChI is InChI=1S/C15H18FN3O/c1-4-5-13-18-14(17-3)9-15(19-13)20-12-8-10(2)6-7-11(12)16/h6-9H,4-5H2,1-3H3,(H,17,18,19). The second-order valence-electron chi connectivity index (χ2n) is 4.54. The van der Waals surface area contributed by atoms with Crippen LogP contribution in [0.25, 0.3) is 0 Å². The van der Waals surface area contributed by atoms with Gasteiger partial charge in [0.25, 0.3) is 0 Å². The summed E-state index contributed by atoms with van der Waals surface area (Å²) in [6, 6.07) is 6.39. The van der Waals surface area contributed by atoms with E-state index in [2.05, 4.69) is 22.2 Å². The Bertz CT molecular complexity index is 602. The van der Waals surface area contributed by atoms with Gasteiger partial charge in [-0.25, -0.2) is 9.37 Å². The number of halogens is 1. The molecule has 0 unspecified atom stereocenters. The Morgan fingerprint density at radius 3 is 2.75 bits per heavy atom. The fraction of sp³-hybridized carbons (Fsp3) is 0.333.